The molecule has 2 aliphatic rings. The van der Waals surface area contributed by atoms with E-state index in [1.165, 1.54) is 6.42 Å². The Balaban J connectivity index is 1.95. The zero-order valence-electron chi connectivity index (χ0n) is 6.05. The van der Waals surface area contributed by atoms with E-state index >= 15 is 0 Å². The van der Waals surface area contributed by atoms with Gasteiger partial charge in [0.15, 0.2) is 0 Å². The second-order valence-corrected chi connectivity index (χ2v) is 3.51. The van der Waals surface area contributed by atoms with Gasteiger partial charge in [-0.25, -0.2) is 0 Å². The van der Waals surface area contributed by atoms with Crippen molar-refractivity contribution in [3.05, 3.63) is 0 Å². The smallest absolute Gasteiger partial charge is 0.139 e. The molecule has 0 radical (unpaired) electrons. The van der Waals surface area contributed by atoms with Gasteiger partial charge in [-0.15, -0.1) is 0 Å². The predicted octanol–water partition coefficient (Wildman–Crippen LogP) is 0.560. The number of rotatable bonds is 2. The van der Waals surface area contributed by atoms with Crippen molar-refractivity contribution < 1.29 is 4.79 Å². The molecule has 0 aromatic carbocycles. The highest BCUT2D eigenvalue weighted by molar-refractivity contribution is 5.88. The molecule has 2 fully saturated rings. The number of nitrogens with two attached hydrogens (primary N) is 1. The van der Waals surface area contributed by atoms with Crippen LogP contribution < -0.4 is 5.73 Å². The Morgan fingerprint density at radius 2 is 2.30 bits per heavy atom. The van der Waals surface area contributed by atoms with E-state index in [-0.39, 0.29) is 0 Å². The first-order valence-corrected chi connectivity index (χ1v) is 4.06. The first-order valence-electron chi connectivity index (χ1n) is 4.06. The van der Waals surface area contributed by atoms with Crippen molar-refractivity contribution in [2.75, 3.05) is 6.54 Å². The molecule has 2 nitrogen and oxygen atoms in total. The third kappa shape index (κ3) is 0.788. The van der Waals surface area contributed by atoms with Crippen molar-refractivity contribution in [2.45, 2.75) is 19.3 Å². The van der Waals surface area contributed by atoms with Crippen LogP contribution in [-0.4, -0.2) is 12.3 Å². The molecule has 0 aliphatic heterocycles. The van der Waals surface area contributed by atoms with E-state index in [9.17, 15) is 4.79 Å². The fourth-order valence-electron chi connectivity index (χ4n) is 2.10. The van der Waals surface area contributed by atoms with Gasteiger partial charge in [0.1, 0.15) is 5.78 Å². The van der Waals surface area contributed by atoms with Crippen LogP contribution in [0.3, 0.4) is 0 Å². The molecule has 0 amide bonds. The van der Waals surface area contributed by atoms with Gasteiger partial charge in [-0.3, -0.25) is 4.79 Å². The highest BCUT2D eigenvalue weighted by Gasteiger charge is 2.52. The largest absolute Gasteiger partial charge is 0.330 e. The summed E-state index contributed by atoms with van der Waals surface area (Å²) in [7, 11) is 0. The number of hydrogen-bond acceptors (Lipinski definition) is 2. The average molecular weight is 139 g/mol. The highest BCUT2D eigenvalue weighted by Crippen LogP contribution is 2.52. The summed E-state index contributed by atoms with van der Waals surface area (Å²) >= 11 is 0. The van der Waals surface area contributed by atoms with Crippen molar-refractivity contribution in [1.29, 1.82) is 0 Å². The van der Waals surface area contributed by atoms with E-state index in [1.807, 2.05) is 0 Å². The molecule has 0 aromatic rings. The van der Waals surface area contributed by atoms with Crippen molar-refractivity contribution in [1.82, 2.24) is 0 Å². The Bertz CT molecular complexity index is 167. The molecule has 2 saturated carbocycles. The Kier molecular flexibility index (Phi) is 1.31. The lowest BCUT2D eigenvalue weighted by Gasteiger charge is -2.06. The minimum absolute atomic E-state index is 0.341. The van der Waals surface area contributed by atoms with Crippen LogP contribution in [0.15, 0.2) is 0 Å². The van der Waals surface area contributed by atoms with E-state index < -0.39 is 0 Å². The Morgan fingerprint density at radius 3 is 2.80 bits per heavy atom. The van der Waals surface area contributed by atoms with E-state index in [0.29, 0.717) is 24.2 Å². The predicted molar refractivity (Wildman–Crippen MR) is 38.4 cm³/mol. The first-order chi connectivity index (χ1) is 4.83. The normalized spacial score (nSPS) is 43.7. The Hall–Kier alpha value is -0.370. The zero-order chi connectivity index (χ0) is 7.14. The van der Waals surface area contributed by atoms with Gasteiger partial charge in [0, 0.05) is 11.8 Å². The van der Waals surface area contributed by atoms with Crippen LogP contribution in [0.4, 0.5) is 0 Å². The summed E-state index contributed by atoms with van der Waals surface area (Å²) in [4.78, 5) is 11.3. The molecule has 0 spiro atoms. The minimum atomic E-state index is 0.341. The second-order valence-electron chi connectivity index (χ2n) is 3.51. The number of hydrogen-bond donors (Lipinski definition) is 1. The molecule has 56 valence electrons. The van der Waals surface area contributed by atoms with Gasteiger partial charge < -0.3 is 5.73 Å². The van der Waals surface area contributed by atoms with Crippen molar-refractivity contribution in [2.24, 2.45) is 23.5 Å². The number of fused-ring (bicyclic) bond motifs is 1. The van der Waals surface area contributed by atoms with E-state index in [2.05, 4.69) is 0 Å². The van der Waals surface area contributed by atoms with E-state index in [1.54, 1.807) is 0 Å². The highest BCUT2D eigenvalue weighted by atomic mass is 16.1. The summed E-state index contributed by atoms with van der Waals surface area (Å²) in [5, 5.41) is 0. The third-order valence-corrected chi connectivity index (χ3v) is 2.79. The standard InChI is InChI=1S/C8H13NO/c9-2-1-5-3-6-4-7(6)8(5)10/h5-7H,1-4,9H2. The van der Waals surface area contributed by atoms with Gasteiger partial charge in [0.2, 0.25) is 0 Å². The minimum Gasteiger partial charge on any atom is -0.330 e. The van der Waals surface area contributed by atoms with Crippen LogP contribution in [-0.2, 0) is 4.79 Å². The average Bonchev–Trinajstić information content (AvgIpc) is 2.60. The lowest BCUT2D eigenvalue weighted by atomic mass is 9.99. The number of ketones is 1. The van der Waals surface area contributed by atoms with Gasteiger partial charge in [-0.1, -0.05) is 0 Å². The number of carbonyl (C=O) groups excluding carboxylic acids is 1. The second kappa shape index (κ2) is 2.06. The van der Waals surface area contributed by atoms with E-state index in [4.69, 9.17) is 5.73 Å². The summed E-state index contributed by atoms with van der Waals surface area (Å²) < 4.78 is 0. The van der Waals surface area contributed by atoms with Crippen LogP contribution >= 0.6 is 0 Å². The molecular formula is C8H13NO. The van der Waals surface area contributed by atoms with Crippen LogP contribution in [0.5, 0.6) is 0 Å². The molecule has 0 heterocycles. The monoisotopic (exact) mass is 139 g/mol. The Labute approximate surface area is 60.8 Å². The number of carbonyl (C=O) groups is 1. The zero-order valence-corrected chi connectivity index (χ0v) is 6.05. The fourth-order valence-corrected chi connectivity index (χ4v) is 2.10. The topological polar surface area (TPSA) is 43.1 Å². The summed E-state index contributed by atoms with van der Waals surface area (Å²) in [6, 6.07) is 0. The molecule has 2 N–H and O–H groups in total. The molecule has 0 bridgehead atoms. The summed E-state index contributed by atoms with van der Waals surface area (Å²) in [6.45, 7) is 0.676. The first kappa shape index (κ1) is 6.35. The molecule has 2 aliphatic carbocycles. The maximum absolute atomic E-state index is 11.3. The van der Waals surface area contributed by atoms with Crippen LogP contribution in [0, 0.1) is 17.8 Å². The van der Waals surface area contributed by atoms with Crippen LogP contribution in [0.2, 0.25) is 0 Å². The third-order valence-electron chi connectivity index (χ3n) is 2.79. The SMILES string of the molecule is NCCC1CC2CC2C1=O. The van der Waals surface area contributed by atoms with Crippen LogP contribution in [0.1, 0.15) is 19.3 Å². The van der Waals surface area contributed by atoms with Gasteiger partial charge >= 0.3 is 0 Å². The van der Waals surface area contributed by atoms with Gasteiger partial charge in [-0.2, -0.15) is 0 Å². The van der Waals surface area contributed by atoms with Crippen LogP contribution in [0.25, 0.3) is 0 Å². The lowest BCUT2D eigenvalue weighted by Crippen LogP contribution is -2.15. The molecular weight excluding hydrogens is 126 g/mol. The number of Topliss-reactive ketones (excluding diaryl/α,β-unsaturated/α-hetero) is 1. The summed E-state index contributed by atoms with van der Waals surface area (Å²) in [5.74, 6) is 2.09. The maximum atomic E-state index is 11.3. The quantitative estimate of drug-likeness (QED) is 0.607. The van der Waals surface area contributed by atoms with Gasteiger partial charge in [-0.05, 0) is 31.7 Å². The molecule has 0 aromatic heterocycles. The van der Waals surface area contributed by atoms with E-state index in [0.717, 1.165) is 18.8 Å². The van der Waals surface area contributed by atoms with Crippen molar-refractivity contribution >= 4 is 5.78 Å². The maximum Gasteiger partial charge on any atom is 0.139 e. The van der Waals surface area contributed by atoms with Gasteiger partial charge in [0.05, 0.1) is 0 Å². The molecule has 2 rings (SSSR count). The molecule has 3 unspecified atom stereocenters. The molecule has 0 saturated heterocycles. The van der Waals surface area contributed by atoms with Crippen molar-refractivity contribution in [3.8, 4) is 0 Å². The fraction of sp³-hybridized carbons (Fsp3) is 0.875. The summed E-state index contributed by atoms with van der Waals surface area (Å²) in [5.41, 5.74) is 5.38. The molecule has 3 atom stereocenters. The molecule has 10 heavy (non-hydrogen) atoms. The van der Waals surface area contributed by atoms with Crippen molar-refractivity contribution in [3.63, 3.8) is 0 Å². The lowest BCUT2D eigenvalue weighted by molar-refractivity contribution is -0.122. The molecule has 2 heteroatoms. The summed E-state index contributed by atoms with van der Waals surface area (Å²) in [6.07, 6.45) is 3.24. The van der Waals surface area contributed by atoms with Gasteiger partial charge in [0.25, 0.3) is 0 Å². The Morgan fingerprint density at radius 1 is 1.50 bits per heavy atom.